The summed E-state index contributed by atoms with van der Waals surface area (Å²) in [5.41, 5.74) is 2.54. The first-order valence-electron chi connectivity index (χ1n) is 8.37. The summed E-state index contributed by atoms with van der Waals surface area (Å²) in [6.07, 6.45) is 1.36. The molecule has 2 rings (SSSR count). The van der Waals surface area contributed by atoms with Gasteiger partial charge in [0.15, 0.2) is 0 Å². The Balaban J connectivity index is 2.42. The summed E-state index contributed by atoms with van der Waals surface area (Å²) in [6, 6.07) is 9.09. The molecule has 2 aromatic carbocycles. The molecule has 1 N–H and O–H groups in total. The van der Waals surface area contributed by atoms with Gasteiger partial charge in [-0.1, -0.05) is 36.2 Å². The van der Waals surface area contributed by atoms with Crippen LogP contribution in [0.4, 0.5) is 11.4 Å². The van der Waals surface area contributed by atoms with Gasteiger partial charge >= 0.3 is 0 Å². The van der Waals surface area contributed by atoms with Crippen molar-refractivity contribution in [2.45, 2.75) is 33.2 Å². The van der Waals surface area contributed by atoms with Crippen LogP contribution in [-0.4, -0.2) is 26.6 Å². The number of nitrogens with zero attached hydrogens (tertiary/aromatic N) is 1. The van der Waals surface area contributed by atoms with Crippen molar-refractivity contribution >= 4 is 50.5 Å². The van der Waals surface area contributed by atoms with Crippen LogP contribution in [0.2, 0.25) is 10.0 Å². The number of sulfonamides is 1. The minimum absolute atomic E-state index is 0.289. The SMILES string of the molecule is CC[C@@H](C(=O)Nc1ccc(Cl)cc1C)N(c1ccc(C)c(Cl)c1)S(C)(=O)=O. The zero-order chi connectivity index (χ0) is 20.4. The van der Waals surface area contributed by atoms with Crippen LogP contribution in [0.5, 0.6) is 0 Å². The van der Waals surface area contributed by atoms with Gasteiger partial charge in [0.25, 0.3) is 0 Å². The maximum atomic E-state index is 12.9. The third kappa shape index (κ3) is 5.15. The van der Waals surface area contributed by atoms with Crippen molar-refractivity contribution in [1.82, 2.24) is 0 Å². The summed E-state index contributed by atoms with van der Waals surface area (Å²) in [6.45, 7) is 5.40. The molecule has 0 saturated heterocycles. The van der Waals surface area contributed by atoms with E-state index < -0.39 is 22.0 Å². The Hall–Kier alpha value is -1.76. The van der Waals surface area contributed by atoms with E-state index in [2.05, 4.69) is 5.32 Å². The molecule has 0 saturated carbocycles. The first kappa shape index (κ1) is 21.5. The van der Waals surface area contributed by atoms with Gasteiger partial charge in [-0.05, 0) is 61.7 Å². The fraction of sp³-hybridized carbons (Fsp3) is 0.316. The van der Waals surface area contributed by atoms with E-state index in [1.54, 1.807) is 43.3 Å². The van der Waals surface area contributed by atoms with Crippen molar-refractivity contribution < 1.29 is 13.2 Å². The molecule has 5 nitrogen and oxygen atoms in total. The van der Waals surface area contributed by atoms with Crippen molar-refractivity contribution in [2.75, 3.05) is 15.9 Å². The summed E-state index contributed by atoms with van der Waals surface area (Å²) >= 11 is 12.1. The highest BCUT2D eigenvalue weighted by molar-refractivity contribution is 7.92. The van der Waals surface area contributed by atoms with Gasteiger partial charge in [-0.2, -0.15) is 0 Å². The highest BCUT2D eigenvalue weighted by Crippen LogP contribution is 2.28. The predicted octanol–water partition coefficient (Wildman–Crippen LogP) is 4.79. The van der Waals surface area contributed by atoms with E-state index in [0.717, 1.165) is 21.7 Å². The van der Waals surface area contributed by atoms with E-state index in [1.165, 1.54) is 0 Å². The Bertz CT molecular complexity index is 961. The molecule has 0 fully saturated rings. The topological polar surface area (TPSA) is 66.5 Å². The lowest BCUT2D eigenvalue weighted by Gasteiger charge is -2.30. The number of carbonyl (C=O) groups is 1. The monoisotopic (exact) mass is 428 g/mol. The normalized spacial score (nSPS) is 12.5. The van der Waals surface area contributed by atoms with E-state index in [1.807, 2.05) is 13.8 Å². The average molecular weight is 429 g/mol. The summed E-state index contributed by atoms with van der Waals surface area (Å²) in [7, 11) is -3.72. The van der Waals surface area contributed by atoms with E-state index in [9.17, 15) is 13.2 Å². The van der Waals surface area contributed by atoms with Gasteiger partial charge in [-0.25, -0.2) is 8.42 Å². The highest BCUT2D eigenvalue weighted by atomic mass is 35.5. The summed E-state index contributed by atoms with van der Waals surface area (Å²) < 4.78 is 26.1. The molecular formula is C19H22Cl2N2O3S. The summed E-state index contributed by atoms with van der Waals surface area (Å²) in [5, 5.41) is 3.80. The molecule has 146 valence electrons. The van der Waals surface area contributed by atoms with E-state index in [4.69, 9.17) is 23.2 Å². The van der Waals surface area contributed by atoms with Gasteiger partial charge in [0.05, 0.1) is 11.9 Å². The molecule has 0 aliphatic carbocycles. The highest BCUT2D eigenvalue weighted by Gasteiger charge is 2.32. The Kier molecular flexibility index (Phi) is 6.78. The molecule has 0 aromatic heterocycles. The van der Waals surface area contributed by atoms with Gasteiger partial charge in [-0.15, -0.1) is 0 Å². The first-order chi connectivity index (χ1) is 12.5. The quantitative estimate of drug-likeness (QED) is 0.718. The van der Waals surface area contributed by atoms with E-state index in [0.29, 0.717) is 21.4 Å². The molecule has 1 amide bonds. The fourth-order valence-corrected chi connectivity index (χ4v) is 4.37. The smallest absolute Gasteiger partial charge is 0.248 e. The molecule has 0 aliphatic rings. The number of rotatable bonds is 6. The number of hydrogen-bond acceptors (Lipinski definition) is 3. The Labute approximate surface area is 170 Å². The number of amides is 1. The summed E-state index contributed by atoms with van der Waals surface area (Å²) in [5.74, 6) is -0.426. The minimum Gasteiger partial charge on any atom is -0.324 e. The molecule has 0 radical (unpaired) electrons. The zero-order valence-electron chi connectivity index (χ0n) is 15.6. The number of carbonyl (C=O) groups excluding carboxylic acids is 1. The average Bonchev–Trinajstić information content (AvgIpc) is 2.56. The number of halogens is 2. The van der Waals surface area contributed by atoms with Crippen LogP contribution >= 0.6 is 23.2 Å². The van der Waals surface area contributed by atoms with Crippen LogP contribution in [0.15, 0.2) is 36.4 Å². The fourth-order valence-electron chi connectivity index (χ4n) is 2.76. The maximum Gasteiger partial charge on any atom is 0.248 e. The first-order valence-corrected chi connectivity index (χ1v) is 11.0. The summed E-state index contributed by atoms with van der Waals surface area (Å²) in [4.78, 5) is 12.9. The van der Waals surface area contributed by atoms with Crippen LogP contribution < -0.4 is 9.62 Å². The largest absolute Gasteiger partial charge is 0.324 e. The molecule has 1 atom stereocenters. The van der Waals surface area contributed by atoms with Crippen LogP contribution in [0.1, 0.15) is 24.5 Å². The second-order valence-electron chi connectivity index (χ2n) is 6.36. The number of benzene rings is 2. The van der Waals surface area contributed by atoms with Crippen molar-refractivity contribution in [3.05, 3.63) is 57.6 Å². The van der Waals surface area contributed by atoms with Gasteiger partial charge < -0.3 is 5.32 Å². The second kappa shape index (κ2) is 8.50. The Morgan fingerprint density at radius 3 is 2.30 bits per heavy atom. The van der Waals surface area contributed by atoms with Gasteiger partial charge in [0.2, 0.25) is 15.9 Å². The lowest BCUT2D eigenvalue weighted by atomic mass is 10.1. The third-order valence-electron chi connectivity index (χ3n) is 4.19. The van der Waals surface area contributed by atoms with Crippen molar-refractivity contribution in [3.63, 3.8) is 0 Å². The molecule has 0 unspecified atom stereocenters. The van der Waals surface area contributed by atoms with Crippen molar-refractivity contribution in [2.24, 2.45) is 0 Å². The molecule has 27 heavy (non-hydrogen) atoms. The number of anilines is 2. The van der Waals surface area contributed by atoms with Crippen LogP contribution in [0, 0.1) is 13.8 Å². The van der Waals surface area contributed by atoms with E-state index in [-0.39, 0.29) is 6.42 Å². The minimum atomic E-state index is -3.72. The van der Waals surface area contributed by atoms with Crippen molar-refractivity contribution in [1.29, 1.82) is 0 Å². The molecule has 0 bridgehead atoms. The molecule has 2 aromatic rings. The number of aryl methyl sites for hydroxylation is 2. The molecule has 8 heteroatoms. The Morgan fingerprint density at radius 1 is 1.11 bits per heavy atom. The maximum absolute atomic E-state index is 12.9. The standard InChI is InChI=1S/C19H22Cl2N2O3S/c1-5-18(19(24)22-17-9-7-14(20)10-13(17)3)23(27(4,25)26)15-8-6-12(2)16(21)11-15/h6-11,18H,5H2,1-4H3,(H,22,24)/t18-/m0/s1. The molecule has 0 spiro atoms. The number of hydrogen-bond donors (Lipinski definition) is 1. The van der Waals surface area contributed by atoms with Crippen LogP contribution in [0.3, 0.4) is 0 Å². The van der Waals surface area contributed by atoms with Gasteiger partial charge in [-0.3, -0.25) is 9.10 Å². The van der Waals surface area contributed by atoms with Gasteiger partial charge in [0, 0.05) is 15.7 Å². The van der Waals surface area contributed by atoms with Crippen molar-refractivity contribution in [3.8, 4) is 0 Å². The number of nitrogens with one attached hydrogen (secondary N) is 1. The molecule has 0 aliphatic heterocycles. The lowest BCUT2D eigenvalue weighted by molar-refractivity contribution is -0.117. The molecule has 0 heterocycles. The zero-order valence-corrected chi connectivity index (χ0v) is 17.9. The Morgan fingerprint density at radius 2 is 1.78 bits per heavy atom. The molecular weight excluding hydrogens is 407 g/mol. The third-order valence-corrected chi connectivity index (χ3v) is 6.01. The second-order valence-corrected chi connectivity index (χ2v) is 9.07. The lowest BCUT2D eigenvalue weighted by Crippen LogP contribution is -2.47. The van der Waals surface area contributed by atoms with E-state index >= 15 is 0 Å². The van der Waals surface area contributed by atoms with Gasteiger partial charge in [0.1, 0.15) is 6.04 Å². The van der Waals surface area contributed by atoms with Crippen LogP contribution in [0.25, 0.3) is 0 Å². The predicted molar refractivity (Wildman–Crippen MR) is 112 cm³/mol. The van der Waals surface area contributed by atoms with Crippen LogP contribution in [-0.2, 0) is 14.8 Å².